The zero-order chi connectivity index (χ0) is 50.3. The average Bonchev–Trinajstić information content (AvgIpc) is 3.24. The molecule has 0 aliphatic carbocycles. The van der Waals surface area contributed by atoms with Crippen molar-refractivity contribution in [1.82, 2.24) is 10.2 Å². The summed E-state index contributed by atoms with van der Waals surface area (Å²) in [5.74, 6) is -0.975. The highest BCUT2D eigenvalue weighted by molar-refractivity contribution is 7.91. The zero-order valence-electron chi connectivity index (χ0n) is 34.5. The lowest BCUT2D eigenvalue weighted by molar-refractivity contribution is -0.143. The molecule has 3 amide bonds. The number of carbonyl (C=O) groups excluding carboxylic acids is 2. The first-order chi connectivity index (χ1) is 25.3. The fourth-order valence-corrected chi connectivity index (χ4v) is 0.965. The van der Waals surface area contributed by atoms with E-state index in [1.807, 2.05) is 6.92 Å². The molecule has 59 heavy (non-hydrogen) atoms. The number of sulfonamides is 2. The Kier molecular flexibility index (Phi) is 44.0. The number of carbonyl (C=O) groups is 2. The number of imide groups is 1. The second-order valence-electron chi connectivity index (χ2n) is 11.8. The fourth-order valence-electron chi connectivity index (χ4n) is 0.965. The predicted molar refractivity (Wildman–Crippen MR) is 215 cm³/mol. The summed E-state index contributed by atoms with van der Waals surface area (Å²) in [5.41, 5.74) is 19.1. The molecule has 0 aromatic carbocycles. The fraction of sp³-hybridized carbons (Fsp3) is 0.917. The van der Waals surface area contributed by atoms with Crippen LogP contribution in [0.5, 0.6) is 0 Å². The number of nitrogens with two attached hydrogens (primary N) is 6. The Morgan fingerprint density at radius 2 is 1.08 bits per heavy atom. The van der Waals surface area contributed by atoms with Crippen LogP contribution in [-0.2, 0) is 63.7 Å². The summed E-state index contributed by atoms with van der Waals surface area (Å²) in [4.78, 5) is 29.8. The lowest BCUT2D eigenvalue weighted by Gasteiger charge is -2.33. The highest BCUT2D eigenvalue weighted by atomic mass is 32.2. The third kappa shape index (κ3) is 126. The first kappa shape index (κ1) is 74.6. The Hall–Kier alpha value is -1.79. The summed E-state index contributed by atoms with van der Waals surface area (Å²) in [5, 5.41) is 18.8. The molecular formula is C24H64F5N8O16PS5. The normalized spacial score (nSPS) is 15.7. The number of likely N-dealkylation sites (N-methyl/N-ethyl adjacent to an activating group) is 1. The molecule has 2 aliphatic heterocycles. The van der Waals surface area contributed by atoms with Gasteiger partial charge in [-0.15, -0.1) is 0 Å². The standard InChI is InChI=1S/C4H6N2O2.C4H9NO.C3H6F3N.C3H8O2S.C2H4F2.2C2H7NO2S.C2H6O3S.CH6NO2P.CH5NO2S/c1-6-2-3(7)5-4(6)8;1-4(5)2-6-3-4;1-2(7)3(4,5)6;1-3-6(2,4)5;1-2(3)4;1-6(4,5)2-3;1-2-6(3,4)5;1-6(4,5)2-3;2*1-5(2,3)4/h2H2,1H3,(H,5,7,8);2-3,5H2,1H3;2H,7H2,1H3;3H2,1-2H3;2H,1H3;2-3H2,1H3;2H2,1H3,(H2,3,4,5);3H,2H2,1H3;1H3,(H3,2,3,4);1H3,(H2,2,3,4). The van der Waals surface area contributed by atoms with Gasteiger partial charge in [-0.05, 0) is 27.7 Å². The lowest BCUT2D eigenvalue weighted by Crippen LogP contribution is -2.54. The summed E-state index contributed by atoms with van der Waals surface area (Å²) in [6, 6.07) is -2.01. The van der Waals surface area contributed by atoms with Crippen molar-refractivity contribution in [3.63, 3.8) is 0 Å². The van der Waals surface area contributed by atoms with Crippen LogP contribution >= 0.6 is 7.52 Å². The van der Waals surface area contributed by atoms with E-state index >= 15 is 0 Å². The molecule has 366 valence electrons. The maximum absolute atomic E-state index is 11.1. The minimum Gasteiger partial charge on any atom is -0.380 e. The number of sulfone groups is 3. The summed E-state index contributed by atoms with van der Waals surface area (Å²) >= 11 is 0. The van der Waals surface area contributed by atoms with E-state index in [-0.39, 0.29) is 41.4 Å². The van der Waals surface area contributed by atoms with Gasteiger partial charge in [0.15, 0.2) is 19.7 Å². The molecule has 24 nitrogen and oxygen atoms in total. The minimum absolute atomic E-state index is 0. The Morgan fingerprint density at radius 3 is 1.10 bits per heavy atom. The first-order valence-corrected chi connectivity index (χ1v) is 27.3. The van der Waals surface area contributed by atoms with Crippen molar-refractivity contribution in [2.45, 2.75) is 58.8 Å². The molecule has 2 atom stereocenters. The van der Waals surface area contributed by atoms with Crippen LogP contribution in [0.4, 0.5) is 26.7 Å². The number of urea groups is 1. The van der Waals surface area contributed by atoms with Crippen molar-refractivity contribution in [2.75, 3.05) is 81.8 Å². The number of alkyl halides is 5. The lowest BCUT2D eigenvalue weighted by atomic mass is 10.0. The van der Waals surface area contributed by atoms with Crippen LogP contribution in [0.25, 0.3) is 0 Å². The number of hydrogen-bond donors (Lipinski definition) is 9. The number of nitrogens with zero attached hydrogens (tertiary/aromatic N) is 1. The summed E-state index contributed by atoms with van der Waals surface area (Å²) in [7, 11) is -16.6. The molecule has 0 aromatic rings. The molecule has 15 N–H and O–H groups in total. The zero-order valence-corrected chi connectivity index (χ0v) is 39.5. The average molecular weight is 1010 g/mol. The number of nitrogens with one attached hydrogen (secondary N) is 1. The quantitative estimate of drug-likeness (QED) is 0.0770. The molecule has 2 aliphatic rings. The van der Waals surface area contributed by atoms with E-state index in [0.717, 1.165) is 52.5 Å². The second kappa shape index (κ2) is 34.8. The van der Waals surface area contributed by atoms with Gasteiger partial charge in [-0.3, -0.25) is 20.2 Å². The SMILES string of the molecule is CC(F)F.CC(N)C(F)(F)F.CC1(N)COC1.CCS(C)(=O)=O.CCS(N)(=O)=O.CN1CC(=O)NC1=O.CP(N)(=O)O.CS(=O)(=O)CN.CS(=O)(=O)CO.CS(N)(=O)=O. The van der Waals surface area contributed by atoms with Gasteiger partial charge >= 0.3 is 12.2 Å². The maximum atomic E-state index is 11.1. The van der Waals surface area contributed by atoms with Crippen LogP contribution in [0, 0.1) is 0 Å². The number of aliphatic hydroxyl groups excluding tert-OH is 1. The van der Waals surface area contributed by atoms with E-state index in [0.29, 0.717) is 0 Å². The third-order valence-corrected chi connectivity index (χ3v) is 6.75. The number of ether oxygens (including phenoxy) is 1. The smallest absolute Gasteiger partial charge is 0.380 e. The van der Waals surface area contributed by atoms with Gasteiger partial charge in [0, 0.05) is 38.2 Å². The van der Waals surface area contributed by atoms with Crippen LogP contribution in [0.3, 0.4) is 0 Å². The van der Waals surface area contributed by atoms with Gasteiger partial charge in [0.05, 0.1) is 42.7 Å². The number of rotatable bonds is 4. The van der Waals surface area contributed by atoms with E-state index in [1.54, 1.807) is 14.0 Å². The monoisotopic (exact) mass is 1010 g/mol. The Labute approximate surface area is 344 Å². The van der Waals surface area contributed by atoms with E-state index in [4.69, 9.17) is 26.2 Å². The minimum atomic E-state index is -4.22. The number of halogens is 5. The van der Waals surface area contributed by atoms with Crippen LogP contribution < -0.4 is 38.3 Å². The number of primary sulfonamides is 2. The Morgan fingerprint density at radius 1 is 0.881 bits per heavy atom. The largest absolute Gasteiger partial charge is 0.403 e. The summed E-state index contributed by atoms with van der Waals surface area (Å²) in [6.07, 6.45) is -2.18. The van der Waals surface area contributed by atoms with E-state index in [1.165, 1.54) is 18.1 Å². The third-order valence-electron chi connectivity index (χ3n) is 3.82. The molecule has 0 saturated carbocycles. The Balaban J connectivity index is -0.0000000821. The summed E-state index contributed by atoms with van der Waals surface area (Å²) < 4.78 is 166. The molecule has 2 heterocycles. The second-order valence-corrected chi connectivity index (χ2v) is 24.0. The van der Waals surface area contributed by atoms with Gasteiger partial charge in [0.25, 0.3) is 7.52 Å². The van der Waals surface area contributed by atoms with Crippen molar-refractivity contribution in [1.29, 1.82) is 0 Å². The van der Waals surface area contributed by atoms with Crippen LogP contribution in [0.15, 0.2) is 0 Å². The van der Waals surface area contributed by atoms with E-state index in [9.17, 15) is 78.2 Å². The van der Waals surface area contributed by atoms with Crippen molar-refractivity contribution in [2.24, 2.45) is 33.0 Å². The molecule has 0 spiro atoms. The topological polar surface area (TPSA) is 443 Å². The van der Waals surface area contributed by atoms with Crippen LogP contribution in [0.2, 0.25) is 0 Å². The van der Waals surface area contributed by atoms with Crippen molar-refractivity contribution >= 4 is 69.0 Å². The highest BCUT2D eigenvalue weighted by Gasteiger charge is 2.32. The van der Waals surface area contributed by atoms with Gasteiger partial charge in [0.2, 0.25) is 32.4 Å². The van der Waals surface area contributed by atoms with Gasteiger partial charge in [-0.25, -0.2) is 65.9 Å². The number of aliphatic hydroxyl groups is 1. The molecule has 2 unspecified atom stereocenters. The van der Waals surface area contributed by atoms with E-state index < -0.39 is 81.7 Å². The molecule has 2 saturated heterocycles. The van der Waals surface area contributed by atoms with Crippen molar-refractivity contribution < 1.29 is 92.9 Å². The van der Waals surface area contributed by atoms with Gasteiger partial charge in [0.1, 0.15) is 22.3 Å². The molecular weight excluding hydrogens is 943 g/mol. The maximum Gasteiger partial charge on any atom is 0.403 e. The number of amides is 3. The van der Waals surface area contributed by atoms with Gasteiger partial charge in [-0.2, -0.15) is 13.2 Å². The molecule has 2 rings (SSSR count). The number of hydrogen-bond acceptors (Lipinski definition) is 18. The van der Waals surface area contributed by atoms with E-state index in [2.05, 4.69) is 26.8 Å². The first-order valence-electron chi connectivity index (χ1n) is 15.3. The summed E-state index contributed by atoms with van der Waals surface area (Å²) in [6.45, 7) is 9.56. The van der Waals surface area contributed by atoms with Crippen molar-refractivity contribution in [3.8, 4) is 0 Å². The highest BCUT2D eigenvalue weighted by Crippen LogP contribution is 2.21. The molecule has 2 fully saturated rings. The molecule has 0 aromatic heterocycles. The Bertz CT molecular complexity index is 1580. The predicted octanol–water partition coefficient (Wildman–Crippen LogP) is -2.99. The molecule has 0 radical (unpaired) electrons. The van der Waals surface area contributed by atoms with Crippen molar-refractivity contribution in [3.05, 3.63) is 0 Å². The molecule has 35 heteroatoms. The van der Waals surface area contributed by atoms with Crippen LogP contribution in [-0.4, -0.2) is 175 Å². The van der Waals surface area contributed by atoms with Gasteiger partial charge in [-0.1, -0.05) is 6.92 Å². The van der Waals surface area contributed by atoms with Gasteiger partial charge < -0.3 is 36.8 Å². The van der Waals surface area contributed by atoms with Crippen LogP contribution in [0.1, 0.15) is 34.6 Å². The molecule has 0 bridgehead atoms.